The van der Waals surface area contributed by atoms with E-state index >= 15 is 0 Å². The molecule has 0 saturated heterocycles. The molecule has 52 heavy (non-hydrogen) atoms. The molecule has 0 aromatic carbocycles. The maximum absolute atomic E-state index is 12.8. The summed E-state index contributed by atoms with van der Waals surface area (Å²) in [6.45, 7) is 4.80. The van der Waals surface area contributed by atoms with Crippen molar-refractivity contribution in [2.45, 2.75) is 206 Å². The average Bonchev–Trinajstić information content (AvgIpc) is 3.09. The van der Waals surface area contributed by atoms with Crippen molar-refractivity contribution in [3.63, 3.8) is 0 Å². The minimum absolute atomic E-state index is 0.0608. The van der Waals surface area contributed by atoms with E-state index in [4.69, 9.17) is 9.05 Å². The lowest BCUT2D eigenvalue weighted by atomic mass is 10.1. The number of aliphatic hydroxyl groups is 1. The van der Waals surface area contributed by atoms with Crippen molar-refractivity contribution in [3.8, 4) is 0 Å². The van der Waals surface area contributed by atoms with Crippen LogP contribution in [0.25, 0.3) is 0 Å². The average molecular weight is 758 g/mol. The molecule has 0 rings (SSSR count). The fraction of sp³-hybridized carbons (Fsp3) is 0.884. The molecule has 0 heterocycles. The minimum Gasteiger partial charge on any atom is -0.387 e. The Balaban J connectivity index is 4.41. The van der Waals surface area contributed by atoms with Crippen LogP contribution in [0.4, 0.5) is 0 Å². The monoisotopic (exact) mass is 758 g/mol. The van der Waals surface area contributed by atoms with Crippen LogP contribution in [0.15, 0.2) is 24.3 Å². The van der Waals surface area contributed by atoms with Gasteiger partial charge in [-0.15, -0.1) is 0 Å². The van der Waals surface area contributed by atoms with E-state index in [1.54, 1.807) is 6.08 Å². The molecule has 0 aromatic rings. The Morgan fingerprint density at radius 3 is 1.48 bits per heavy atom. The van der Waals surface area contributed by atoms with Gasteiger partial charge in [-0.3, -0.25) is 13.8 Å². The van der Waals surface area contributed by atoms with E-state index in [0.29, 0.717) is 17.4 Å². The van der Waals surface area contributed by atoms with Crippen molar-refractivity contribution < 1.29 is 32.9 Å². The molecule has 3 unspecified atom stereocenters. The van der Waals surface area contributed by atoms with Crippen molar-refractivity contribution in [2.24, 2.45) is 0 Å². The highest BCUT2D eigenvalue weighted by Gasteiger charge is 2.27. The van der Waals surface area contributed by atoms with Gasteiger partial charge in [0.2, 0.25) is 5.91 Å². The van der Waals surface area contributed by atoms with Crippen molar-refractivity contribution in [2.75, 3.05) is 40.9 Å². The molecule has 1 amide bonds. The van der Waals surface area contributed by atoms with E-state index in [2.05, 4.69) is 31.3 Å². The highest BCUT2D eigenvalue weighted by Crippen LogP contribution is 2.43. The molecule has 0 aromatic heterocycles. The van der Waals surface area contributed by atoms with Gasteiger partial charge in [0.25, 0.3) is 0 Å². The molecule has 0 aliphatic rings. The summed E-state index contributed by atoms with van der Waals surface area (Å²) in [5.41, 5.74) is 0. The van der Waals surface area contributed by atoms with Gasteiger partial charge in [0.1, 0.15) is 13.2 Å². The summed E-state index contributed by atoms with van der Waals surface area (Å²) >= 11 is 0. The summed E-state index contributed by atoms with van der Waals surface area (Å²) in [6.07, 6.45) is 41.0. The van der Waals surface area contributed by atoms with Crippen LogP contribution in [0.2, 0.25) is 0 Å². The van der Waals surface area contributed by atoms with Crippen molar-refractivity contribution in [1.29, 1.82) is 0 Å². The van der Waals surface area contributed by atoms with Gasteiger partial charge < -0.3 is 19.8 Å². The Bertz CT molecular complexity index is 907. The fourth-order valence-corrected chi connectivity index (χ4v) is 6.89. The zero-order valence-electron chi connectivity index (χ0n) is 34.8. The SMILES string of the molecule is CCCCCCCCCCC/C=C\CCCCCCCC(=O)NC(COP(=O)(O)OCC[N+](C)(C)C)C(O)/C=C/CCCCCCCCCCCC. The van der Waals surface area contributed by atoms with Gasteiger partial charge in [0.05, 0.1) is 39.9 Å². The Hall–Kier alpha value is -1.02. The lowest BCUT2D eigenvalue weighted by Gasteiger charge is -2.25. The quantitative estimate of drug-likeness (QED) is 0.0250. The van der Waals surface area contributed by atoms with Gasteiger partial charge in [-0.25, -0.2) is 4.57 Å². The number of quaternary nitrogens is 1. The number of likely N-dealkylation sites (N-methyl/N-ethyl adjacent to an activating group) is 1. The molecule has 0 bridgehead atoms. The second kappa shape index (κ2) is 35.7. The summed E-state index contributed by atoms with van der Waals surface area (Å²) < 4.78 is 23.5. The Labute approximate surface area is 322 Å². The number of phosphoric ester groups is 1. The van der Waals surface area contributed by atoms with E-state index in [-0.39, 0.29) is 19.1 Å². The number of hydrogen-bond donors (Lipinski definition) is 3. The first kappa shape index (κ1) is 51.0. The molecule has 3 N–H and O–H groups in total. The summed E-state index contributed by atoms with van der Waals surface area (Å²) in [5, 5.41) is 13.8. The summed E-state index contributed by atoms with van der Waals surface area (Å²) in [6, 6.07) is -0.846. The first-order chi connectivity index (χ1) is 25.0. The van der Waals surface area contributed by atoms with Gasteiger partial charge in [0, 0.05) is 6.42 Å². The van der Waals surface area contributed by atoms with Gasteiger partial charge in [-0.2, -0.15) is 0 Å². The van der Waals surface area contributed by atoms with Gasteiger partial charge in [0.15, 0.2) is 0 Å². The molecule has 3 atom stereocenters. The zero-order valence-corrected chi connectivity index (χ0v) is 35.7. The van der Waals surface area contributed by atoms with E-state index in [0.717, 1.165) is 51.4 Å². The van der Waals surface area contributed by atoms with Crippen LogP contribution < -0.4 is 5.32 Å². The van der Waals surface area contributed by atoms with Crippen LogP contribution >= 0.6 is 7.82 Å². The lowest BCUT2D eigenvalue weighted by molar-refractivity contribution is -0.870. The van der Waals surface area contributed by atoms with Gasteiger partial charge in [-0.05, 0) is 44.9 Å². The number of allylic oxidation sites excluding steroid dienone is 3. The molecule has 0 aliphatic carbocycles. The molecule has 8 nitrogen and oxygen atoms in total. The van der Waals surface area contributed by atoms with Crippen LogP contribution in [-0.2, 0) is 18.4 Å². The number of unbranched alkanes of at least 4 members (excludes halogenated alkanes) is 24. The van der Waals surface area contributed by atoms with E-state index in [1.807, 2.05) is 27.2 Å². The number of carbonyl (C=O) groups is 1. The summed E-state index contributed by atoms with van der Waals surface area (Å²) in [4.78, 5) is 23.1. The molecule has 0 radical (unpaired) electrons. The third-order valence-electron chi connectivity index (χ3n) is 9.67. The smallest absolute Gasteiger partial charge is 0.387 e. The predicted octanol–water partition coefficient (Wildman–Crippen LogP) is 11.7. The van der Waals surface area contributed by atoms with Crippen LogP contribution in [-0.4, -0.2) is 73.4 Å². The van der Waals surface area contributed by atoms with Crippen molar-refractivity contribution >= 4 is 13.7 Å². The summed E-state index contributed by atoms with van der Waals surface area (Å²) in [7, 11) is 1.57. The molecule has 308 valence electrons. The highest BCUT2D eigenvalue weighted by atomic mass is 31.2. The number of hydrogen-bond acceptors (Lipinski definition) is 5. The number of aliphatic hydroxyl groups excluding tert-OH is 1. The zero-order chi connectivity index (χ0) is 38.6. The molecular weight excluding hydrogens is 671 g/mol. The maximum Gasteiger partial charge on any atom is 0.472 e. The minimum atomic E-state index is -4.33. The molecule has 0 spiro atoms. The standard InChI is InChI=1S/C43H85N2O6P/c1-6-8-10-12-14-16-18-20-21-22-23-24-25-27-29-31-33-35-37-43(47)44-41(40-51-52(48,49)50-39-38-45(3,4)5)42(46)36-34-32-30-28-26-19-17-15-13-11-9-7-2/h23-24,34,36,41-42,46H,6-22,25-33,35,37-40H2,1-5H3,(H-,44,47,48,49)/p+1/b24-23-,36-34+. The number of nitrogens with zero attached hydrogens (tertiary/aromatic N) is 1. The van der Waals surface area contributed by atoms with E-state index < -0.39 is 20.0 Å². The molecular formula is C43H86N2O6P+. The number of rotatable bonds is 39. The van der Waals surface area contributed by atoms with E-state index in [1.165, 1.54) is 122 Å². The van der Waals surface area contributed by atoms with Crippen LogP contribution in [0, 0.1) is 0 Å². The van der Waals surface area contributed by atoms with Gasteiger partial charge >= 0.3 is 7.82 Å². The van der Waals surface area contributed by atoms with Crippen LogP contribution in [0.1, 0.15) is 194 Å². The molecule has 9 heteroatoms. The first-order valence-electron chi connectivity index (χ1n) is 21.7. The predicted molar refractivity (Wildman–Crippen MR) is 221 cm³/mol. The topological polar surface area (TPSA) is 105 Å². The second-order valence-corrected chi connectivity index (χ2v) is 17.5. The van der Waals surface area contributed by atoms with E-state index in [9.17, 15) is 19.4 Å². The summed E-state index contributed by atoms with van der Waals surface area (Å²) in [5.74, 6) is -0.186. The lowest BCUT2D eigenvalue weighted by Crippen LogP contribution is -2.45. The molecule has 0 fully saturated rings. The third-order valence-corrected chi connectivity index (χ3v) is 10.6. The normalized spacial score (nSPS) is 14.7. The Morgan fingerprint density at radius 2 is 1.04 bits per heavy atom. The highest BCUT2D eigenvalue weighted by molar-refractivity contribution is 7.47. The first-order valence-corrected chi connectivity index (χ1v) is 23.2. The Kier molecular flexibility index (Phi) is 35.0. The van der Waals surface area contributed by atoms with Crippen molar-refractivity contribution in [3.05, 3.63) is 24.3 Å². The molecule has 0 aliphatic heterocycles. The second-order valence-electron chi connectivity index (χ2n) is 16.1. The van der Waals surface area contributed by atoms with Crippen LogP contribution in [0.5, 0.6) is 0 Å². The number of carbonyl (C=O) groups excluding carboxylic acids is 1. The number of phosphoric acid groups is 1. The largest absolute Gasteiger partial charge is 0.472 e. The number of amides is 1. The number of nitrogens with one attached hydrogen (secondary N) is 1. The van der Waals surface area contributed by atoms with Gasteiger partial charge in [-0.1, -0.05) is 167 Å². The van der Waals surface area contributed by atoms with Crippen molar-refractivity contribution in [1.82, 2.24) is 5.32 Å². The maximum atomic E-state index is 12.8. The fourth-order valence-electron chi connectivity index (χ4n) is 6.15. The molecule has 0 saturated carbocycles. The van der Waals surface area contributed by atoms with Crippen LogP contribution in [0.3, 0.4) is 0 Å². The Morgan fingerprint density at radius 1 is 0.635 bits per heavy atom. The third kappa shape index (κ3) is 37.3.